The lowest BCUT2D eigenvalue weighted by Gasteiger charge is -2.37. The molecule has 2 aliphatic rings. The molecule has 3 aromatic rings. The third-order valence-corrected chi connectivity index (χ3v) is 5.87. The molecule has 8 nitrogen and oxygen atoms in total. The first kappa shape index (κ1) is 18.4. The Morgan fingerprint density at radius 1 is 1.07 bits per heavy atom. The highest BCUT2D eigenvalue weighted by Crippen LogP contribution is 2.43. The van der Waals surface area contributed by atoms with Crippen LogP contribution in [0.1, 0.15) is 28.0 Å². The summed E-state index contributed by atoms with van der Waals surface area (Å²) in [5.41, 5.74) is 1.89. The molecule has 3 heterocycles. The van der Waals surface area contributed by atoms with E-state index in [0.717, 1.165) is 28.9 Å². The van der Waals surface area contributed by atoms with Gasteiger partial charge in [-0.25, -0.2) is 14.6 Å². The molecule has 1 aliphatic carbocycles. The van der Waals surface area contributed by atoms with Gasteiger partial charge >= 0.3 is 11.9 Å². The quantitative estimate of drug-likeness (QED) is 0.608. The van der Waals surface area contributed by atoms with Gasteiger partial charge in [0.15, 0.2) is 18.0 Å². The van der Waals surface area contributed by atoms with E-state index in [-0.39, 0.29) is 12.3 Å². The summed E-state index contributed by atoms with van der Waals surface area (Å²) in [5, 5.41) is 0.783. The molecule has 152 valence electrons. The average molecular weight is 405 g/mol. The van der Waals surface area contributed by atoms with Gasteiger partial charge in [-0.1, -0.05) is 18.2 Å². The number of para-hydroxylation sites is 1. The zero-order chi connectivity index (χ0) is 21.0. The highest BCUT2D eigenvalue weighted by atomic mass is 16.6. The first-order chi connectivity index (χ1) is 14.5. The molecule has 0 saturated carbocycles. The van der Waals surface area contributed by atoms with Gasteiger partial charge in [0.1, 0.15) is 5.82 Å². The molecule has 0 N–H and O–H groups in total. The number of hydrogen-bond donors (Lipinski definition) is 0. The summed E-state index contributed by atoms with van der Waals surface area (Å²) >= 11 is 0. The number of aryl methyl sites for hydroxylation is 2. The Balaban J connectivity index is 1.73. The Hall–Kier alpha value is -3.68. The number of ether oxygens (including phenoxy) is 2. The minimum atomic E-state index is -0.948. The van der Waals surface area contributed by atoms with Crippen LogP contribution in [0.4, 0.5) is 0 Å². The van der Waals surface area contributed by atoms with E-state index in [2.05, 4.69) is 4.98 Å². The van der Waals surface area contributed by atoms with Gasteiger partial charge in [-0.05, 0) is 13.0 Å². The number of carbonyl (C=O) groups excluding carboxylic acids is 3. The molecule has 0 bridgehead atoms. The van der Waals surface area contributed by atoms with E-state index < -0.39 is 30.1 Å². The number of aromatic nitrogens is 3. The van der Waals surface area contributed by atoms with Crippen LogP contribution in [0, 0.1) is 12.8 Å². The molecule has 1 aliphatic heterocycles. The lowest BCUT2D eigenvalue weighted by molar-refractivity contribution is -0.169. The maximum absolute atomic E-state index is 13.7. The lowest BCUT2D eigenvalue weighted by atomic mass is 9.80. The number of benzene rings is 1. The molecule has 0 fully saturated rings. The normalized spacial score (nSPS) is 24.5. The molecule has 3 unspecified atom stereocenters. The van der Waals surface area contributed by atoms with Crippen molar-refractivity contribution < 1.29 is 23.9 Å². The van der Waals surface area contributed by atoms with Crippen LogP contribution in [-0.2, 0) is 32.7 Å². The molecule has 0 radical (unpaired) electrons. The van der Waals surface area contributed by atoms with Crippen LogP contribution < -0.4 is 0 Å². The molecule has 0 saturated heterocycles. The number of imidazole rings is 1. The predicted molar refractivity (Wildman–Crippen MR) is 106 cm³/mol. The van der Waals surface area contributed by atoms with Crippen molar-refractivity contribution in [3.8, 4) is 0 Å². The fourth-order valence-corrected chi connectivity index (χ4v) is 4.44. The number of hydrogen-bond acceptors (Lipinski definition) is 6. The Kier molecular flexibility index (Phi) is 4.09. The molecule has 0 amide bonds. The molecular formula is C22H19N3O5. The minimum Gasteiger partial charge on any atom is -0.454 e. The van der Waals surface area contributed by atoms with E-state index in [1.165, 1.54) is 0 Å². The number of ketones is 1. The summed E-state index contributed by atoms with van der Waals surface area (Å²) in [7, 11) is 1.82. The Morgan fingerprint density at radius 2 is 1.80 bits per heavy atom. The van der Waals surface area contributed by atoms with Crippen LogP contribution in [-0.4, -0.2) is 37.9 Å². The maximum Gasteiger partial charge on any atom is 0.331 e. The second kappa shape index (κ2) is 6.69. The van der Waals surface area contributed by atoms with Gasteiger partial charge in [0.05, 0.1) is 17.2 Å². The van der Waals surface area contributed by atoms with Crippen LogP contribution in [0.2, 0.25) is 0 Å². The number of rotatable bonds is 2. The van der Waals surface area contributed by atoms with Crippen molar-refractivity contribution in [3.63, 3.8) is 0 Å². The Bertz CT molecular complexity index is 1230. The lowest BCUT2D eigenvalue weighted by Crippen LogP contribution is -2.46. The summed E-state index contributed by atoms with van der Waals surface area (Å²) < 4.78 is 15.0. The molecule has 3 atom stereocenters. The van der Waals surface area contributed by atoms with Gasteiger partial charge in [0.25, 0.3) is 0 Å². The summed E-state index contributed by atoms with van der Waals surface area (Å²) in [4.78, 5) is 42.5. The van der Waals surface area contributed by atoms with Gasteiger partial charge in [-0.2, -0.15) is 0 Å². The number of esters is 2. The van der Waals surface area contributed by atoms with Crippen molar-refractivity contribution in [2.75, 3.05) is 0 Å². The second-order valence-corrected chi connectivity index (χ2v) is 7.53. The van der Waals surface area contributed by atoms with Crippen LogP contribution >= 0.6 is 0 Å². The molecular weight excluding hydrogens is 386 g/mol. The van der Waals surface area contributed by atoms with Crippen LogP contribution in [0.5, 0.6) is 0 Å². The summed E-state index contributed by atoms with van der Waals surface area (Å²) in [6.07, 6.45) is 3.65. The third kappa shape index (κ3) is 2.67. The fourth-order valence-electron chi connectivity index (χ4n) is 4.44. The van der Waals surface area contributed by atoms with Crippen molar-refractivity contribution >= 4 is 28.6 Å². The minimum absolute atomic E-state index is 0.149. The monoisotopic (exact) mass is 405 g/mol. The van der Waals surface area contributed by atoms with Crippen LogP contribution in [0.15, 0.2) is 48.8 Å². The van der Waals surface area contributed by atoms with Crippen molar-refractivity contribution in [2.24, 2.45) is 13.0 Å². The van der Waals surface area contributed by atoms with Crippen LogP contribution in [0.25, 0.3) is 10.9 Å². The zero-order valence-corrected chi connectivity index (χ0v) is 16.4. The summed E-state index contributed by atoms with van der Waals surface area (Å²) in [5.74, 6) is -1.47. The highest BCUT2D eigenvalue weighted by molar-refractivity contribution is 6.12. The first-order valence-corrected chi connectivity index (χ1v) is 9.64. The second-order valence-electron chi connectivity index (χ2n) is 7.53. The highest BCUT2D eigenvalue weighted by Gasteiger charge is 2.49. The van der Waals surface area contributed by atoms with Crippen LogP contribution in [0.3, 0.4) is 0 Å². The van der Waals surface area contributed by atoms with E-state index in [9.17, 15) is 14.4 Å². The van der Waals surface area contributed by atoms with E-state index in [0.29, 0.717) is 11.3 Å². The summed E-state index contributed by atoms with van der Waals surface area (Å²) in [6.45, 7) is 2.09. The van der Waals surface area contributed by atoms with Gasteiger partial charge < -0.3 is 18.6 Å². The van der Waals surface area contributed by atoms with E-state index in [1.54, 1.807) is 12.4 Å². The van der Waals surface area contributed by atoms with E-state index >= 15 is 0 Å². The SMILES string of the molecule is Cc1nccn1CC1C(=O)c2c(n(C)c3ccccc23)C2OC(=O)/C=C\C(=O)OC12. The molecule has 8 heteroatoms. The number of fused-ring (bicyclic) bond motifs is 5. The van der Waals surface area contributed by atoms with E-state index in [4.69, 9.17) is 9.47 Å². The molecule has 1 aromatic carbocycles. The van der Waals surface area contributed by atoms with Crippen molar-refractivity contribution in [2.45, 2.75) is 25.7 Å². The van der Waals surface area contributed by atoms with E-state index in [1.807, 2.05) is 47.4 Å². The van der Waals surface area contributed by atoms with Gasteiger partial charge in [-0.3, -0.25) is 4.79 Å². The molecule has 5 rings (SSSR count). The predicted octanol–water partition coefficient (Wildman–Crippen LogP) is 2.26. The zero-order valence-electron chi connectivity index (χ0n) is 16.4. The van der Waals surface area contributed by atoms with Gasteiger partial charge in [-0.15, -0.1) is 0 Å². The maximum atomic E-state index is 13.7. The smallest absolute Gasteiger partial charge is 0.331 e. The number of carbonyl (C=O) groups is 3. The topological polar surface area (TPSA) is 92.4 Å². The van der Waals surface area contributed by atoms with Crippen molar-refractivity contribution in [1.82, 2.24) is 14.1 Å². The van der Waals surface area contributed by atoms with Gasteiger partial charge in [0, 0.05) is 49.0 Å². The average Bonchev–Trinajstić information content (AvgIpc) is 3.26. The Labute approximate surface area is 171 Å². The molecule has 30 heavy (non-hydrogen) atoms. The van der Waals surface area contributed by atoms with Gasteiger partial charge in [0.2, 0.25) is 0 Å². The van der Waals surface area contributed by atoms with Crippen molar-refractivity contribution in [1.29, 1.82) is 0 Å². The van der Waals surface area contributed by atoms with Crippen molar-refractivity contribution in [3.05, 3.63) is 65.9 Å². The molecule has 0 spiro atoms. The largest absolute Gasteiger partial charge is 0.454 e. The molecule has 2 aromatic heterocycles. The first-order valence-electron chi connectivity index (χ1n) is 9.64. The number of nitrogens with zero attached hydrogens (tertiary/aromatic N) is 3. The fraction of sp³-hybridized carbons (Fsp3) is 0.273. The third-order valence-electron chi connectivity index (χ3n) is 5.87. The Morgan fingerprint density at radius 3 is 2.53 bits per heavy atom. The standard InChI is InChI=1S/C22H19N3O5/c1-12-23-9-10-25(12)11-14-20(28)18-13-5-3-4-6-15(13)24(2)19(18)22-21(14)29-16(26)7-8-17(27)30-22/h3-10,14,21-22H,11H2,1-2H3/b8-7-. The number of Topliss-reactive ketones (excluding diaryl/α,β-unsaturated/α-hetero) is 1. The summed E-state index contributed by atoms with van der Waals surface area (Å²) in [6, 6.07) is 7.53.